The molecule has 20 heavy (non-hydrogen) atoms. The van der Waals surface area contributed by atoms with Crippen molar-refractivity contribution in [2.75, 3.05) is 29.6 Å². The SMILES string of the molecule is ClCCCl.O=C(Nc1cccc(Cl)c1)OCC#CCCl. The fourth-order valence-corrected chi connectivity index (χ4v) is 1.20. The highest BCUT2D eigenvalue weighted by molar-refractivity contribution is 6.30. The summed E-state index contributed by atoms with van der Waals surface area (Å²) in [5.74, 6) is 6.47. The molecule has 0 fully saturated rings. The summed E-state index contributed by atoms with van der Waals surface area (Å²) in [7, 11) is 0. The lowest BCUT2D eigenvalue weighted by Crippen LogP contribution is -2.13. The molecule has 1 aromatic rings. The lowest BCUT2D eigenvalue weighted by atomic mass is 10.3. The molecular formula is C13H13Cl4NO2. The number of carbonyl (C=O) groups excluding carboxylic acids is 1. The summed E-state index contributed by atoms with van der Waals surface area (Å²) in [5, 5.41) is 3.05. The van der Waals surface area contributed by atoms with Crippen LogP contribution in [0, 0.1) is 11.8 Å². The van der Waals surface area contributed by atoms with Crippen LogP contribution < -0.4 is 5.32 Å². The number of carbonyl (C=O) groups is 1. The molecule has 1 rings (SSSR count). The van der Waals surface area contributed by atoms with E-state index in [4.69, 9.17) is 51.1 Å². The van der Waals surface area contributed by atoms with E-state index in [2.05, 4.69) is 17.2 Å². The molecule has 3 nitrogen and oxygen atoms in total. The van der Waals surface area contributed by atoms with E-state index in [1.54, 1.807) is 24.3 Å². The molecule has 1 amide bonds. The van der Waals surface area contributed by atoms with Crippen LogP contribution in [0.1, 0.15) is 0 Å². The number of hydrogen-bond donors (Lipinski definition) is 1. The smallest absolute Gasteiger partial charge is 0.412 e. The third-order valence-electron chi connectivity index (χ3n) is 1.61. The van der Waals surface area contributed by atoms with Crippen molar-refractivity contribution in [3.05, 3.63) is 29.3 Å². The second-order valence-corrected chi connectivity index (χ2v) is 4.54. The van der Waals surface area contributed by atoms with Gasteiger partial charge in [0.05, 0.1) is 5.88 Å². The number of amides is 1. The Morgan fingerprint density at radius 2 is 1.90 bits per heavy atom. The molecule has 0 aliphatic carbocycles. The molecule has 0 atom stereocenters. The Hall–Kier alpha value is -0.790. The topological polar surface area (TPSA) is 38.3 Å². The van der Waals surface area contributed by atoms with E-state index in [0.717, 1.165) is 0 Å². The van der Waals surface area contributed by atoms with Gasteiger partial charge in [0, 0.05) is 22.5 Å². The van der Waals surface area contributed by atoms with Crippen LogP contribution in [-0.4, -0.2) is 30.3 Å². The third-order valence-corrected chi connectivity index (χ3v) is 2.55. The monoisotopic (exact) mass is 355 g/mol. The molecule has 7 heteroatoms. The van der Waals surface area contributed by atoms with Crippen LogP contribution in [0.4, 0.5) is 10.5 Å². The number of halogens is 4. The second-order valence-electron chi connectivity index (χ2n) is 3.08. The maximum Gasteiger partial charge on any atom is 0.412 e. The van der Waals surface area contributed by atoms with Gasteiger partial charge in [0.2, 0.25) is 0 Å². The molecule has 0 bridgehead atoms. The molecule has 1 aromatic carbocycles. The van der Waals surface area contributed by atoms with E-state index in [9.17, 15) is 4.79 Å². The summed E-state index contributed by atoms with van der Waals surface area (Å²) in [6, 6.07) is 6.76. The van der Waals surface area contributed by atoms with Crippen LogP contribution in [0.15, 0.2) is 24.3 Å². The number of alkyl halides is 3. The first-order chi connectivity index (χ1) is 9.63. The van der Waals surface area contributed by atoms with Gasteiger partial charge in [-0.25, -0.2) is 4.79 Å². The highest BCUT2D eigenvalue weighted by Crippen LogP contribution is 2.14. The van der Waals surface area contributed by atoms with E-state index in [1.807, 2.05) is 0 Å². The molecule has 0 radical (unpaired) electrons. The summed E-state index contributed by atoms with van der Waals surface area (Å²) < 4.78 is 4.76. The van der Waals surface area contributed by atoms with Crippen LogP contribution in [0.3, 0.4) is 0 Å². The zero-order valence-corrected chi connectivity index (χ0v) is 13.5. The molecule has 0 heterocycles. The van der Waals surface area contributed by atoms with Crippen LogP contribution in [0.5, 0.6) is 0 Å². The Morgan fingerprint density at radius 3 is 2.45 bits per heavy atom. The molecule has 1 N–H and O–H groups in total. The zero-order valence-electron chi connectivity index (χ0n) is 10.5. The Morgan fingerprint density at radius 1 is 1.20 bits per heavy atom. The standard InChI is InChI=1S/C11H9Cl2NO2.C2H4Cl2/c12-6-1-2-7-16-11(15)14-10-5-3-4-9(13)8-10;3-1-2-4/h3-5,8H,6-7H2,(H,14,15);1-2H2. The lowest BCUT2D eigenvalue weighted by Gasteiger charge is -2.04. The van der Waals surface area contributed by atoms with Crippen molar-refractivity contribution in [2.45, 2.75) is 0 Å². The van der Waals surface area contributed by atoms with Crippen molar-refractivity contribution in [2.24, 2.45) is 0 Å². The van der Waals surface area contributed by atoms with Gasteiger partial charge >= 0.3 is 6.09 Å². The number of ether oxygens (including phenoxy) is 1. The van der Waals surface area contributed by atoms with Crippen molar-refractivity contribution in [3.63, 3.8) is 0 Å². The van der Waals surface area contributed by atoms with Crippen LogP contribution >= 0.6 is 46.4 Å². The molecule has 0 saturated carbocycles. The van der Waals surface area contributed by atoms with Crippen LogP contribution in [-0.2, 0) is 4.74 Å². The van der Waals surface area contributed by atoms with Gasteiger partial charge in [-0.05, 0) is 18.2 Å². The molecule has 0 aliphatic heterocycles. The van der Waals surface area contributed by atoms with Crippen molar-refractivity contribution < 1.29 is 9.53 Å². The zero-order chi connectivity index (χ0) is 15.2. The number of anilines is 1. The largest absolute Gasteiger partial charge is 0.436 e. The Labute approximate surface area is 138 Å². The van der Waals surface area contributed by atoms with Crippen molar-refractivity contribution >= 4 is 58.2 Å². The molecule has 0 spiro atoms. The lowest BCUT2D eigenvalue weighted by molar-refractivity contribution is 0.176. The minimum atomic E-state index is -0.578. The van der Waals surface area contributed by atoms with Crippen molar-refractivity contribution in [1.82, 2.24) is 0 Å². The summed E-state index contributed by atoms with van der Waals surface area (Å²) in [6.07, 6.45) is -0.578. The molecule has 0 saturated heterocycles. The second kappa shape index (κ2) is 13.2. The van der Waals surface area contributed by atoms with Gasteiger partial charge in [0.1, 0.15) is 0 Å². The minimum absolute atomic E-state index is 0.0130. The van der Waals surface area contributed by atoms with Crippen LogP contribution in [0.25, 0.3) is 0 Å². The summed E-state index contributed by atoms with van der Waals surface area (Å²) in [4.78, 5) is 11.2. The Balaban J connectivity index is 0.000000796. The Kier molecular flexibility index (Phi) is 12.7. The highest BCUT2D eigenvalue weighted by atomic mass is 35.5. The van der Waals surface area contributed by atoms with E-state index in [1.165, 1.54) is 0 Å². The number of hydrogen-bond acceptors (Lipinski definition) is 2. The first-order valence-corrected chi connectivity index (χ1v) is 7.45. The normalized spacial score (nSPS) is 8.60. The third kappa shape index (κ3) is 11.1. The quantitative estimate of drug-likeness (QED) is 0.635. The predicted octanol–water partition coefficient (Wildman–Crippen LogP) is 4.59. The fourth-order valence-electron chi connectivity index (χ4n) is 0.920. The van der Waals surface area contributed by atoms with Crippen molar-refractivity contribution in [1.29, 1.82) is 0 Å². The number of benzene rings is 1. The van der Waals surface area contributed by atoms with Gasteiger partial charge in [-0.3, -0.25) is 5.32 Å². The molecule has 0 unspecified atom stereocenters. The van der Waals surface area contributed by atoms with Crippen molar-refractivity contribution in [3.8, 4) is 11.8 Å². The summed E-state index contributed by atoms with van der Waals surface area (Å²) in [5.41, 5.74) is 0.572. The maximum atomic E-state index is 11.2. The minimum Gasteiger partial charge on any atom is -0.436 e. The van der Waals surface area contributed by atoms with E-state index in [0.29, 0.717) is 22.5 Å². The van der Waals surface area contributed by atoms with E-state index < -0.39 is 6.09 Å². The first kappa shape index (κ1) is 19.2. The molecule has 0 aromatic heterocycles. The molecular weight excluding hydrogens is 344 g/mol. The van der Waals surface area contributed by atoms with Crippen LogP contribution in [0.2, 0.25) is 5.02 Å². The number of nitrogens with one attached hydrogen (secondary N) is 1. The van der Waals surface area contributed by atoms with Gasteiger partial charge in [-0.1, -0.05) is 29.5 Å². The van der Waals surface area contributed by atoms with E-state index >= 15 is 0 Å². The maximum absolute atomic E-state index is 11.2. The first-order valence-electron chi connectivity index (χ1n) is 5.47. The highest BCUT2D eigenvalue weighted by Gasteiger charge is 2.01. The average molecular weight is 357 g/mol. The van der Waals surface area contributed by atoms with Gasteiger partial charge < -0.3 is 4.74 Å². The van der Waals surface area contributed by atoms with Gasteiger partial charge in [0.25, 0.3) is 0 Å². The van der Waals surface area contributed by atoms with Gasteiger partial charge in [-0.2, -0.15) is 0 Å². The summed E-state index contributed by atoms with van der Waals surface area (Å²) >= 11 is 21.2. The van der Waals surface area contributed by atoms with Gasteiger partial charge in [-0.15, -0.1) is 34.8 Å². The average Bonchev–Trinajstić information content (AvgIpc) is 2.44. The Bertz CT molecular complexity index is 455. The summed E-state index contributed by atoms with van der Waals surface area (Å²) in [6.45, 7) is 0.0130. The number of rotatable bonds is 3. The predicted molar refractivity (Wildman–Crippen MR) is 86.4 cm³/mol. The fraction of sp³-hybridized carbons (Fsp3) is 0.308. The molecule has 110 valence electrons. The van der Waals surface area contributed by atoms with E-state index in [-0.39, 0.29) is 12.5 Å². The molecule has 0 aliphatic rings. The van der Waals surface area contributed by atoms with Gasteiger partial charge in [0.15, 0.2) is 6.61 Å².